The van der Waals surface area contributed by atoms with Crippen LogP contribution in [0, 0.1) is 6.39 Å². The number of oxazole rings is 1. The highest BCUT2D eigenvalue weighted by atomic mass is 35.5. The van der Waals surface area contributed by atoms with Crippen molar-refractivity contribution in [3.8, 4) is 11.3 Å². The van der Waals surface area contributed by atoms with Crippen molar-refractivity contribution >= 4 is 11.6 Å². The van der Waals surface area contributed by atoms with Gasteiger partial charge in [-0.05, 0) is 12.1 Å². The number of rotatable bonds is 1. The maximum absolute atomic E-state index is 5.80. The smallest absolute Gasteiger partial charge is 0.284 e. The average Bonchev–Trinajstić information content (AvgIpc) is 2.57. The third-order valence-electron chi connectivity index (χ3n) is 1.41. The molecule has 0 saturated carbocycles. The van der Waals surface area contributed by atoms with Crippen LogP contribution in [0.25, 0.3) is 11.3 Å². The third kappa shape index (κ3) is 1.19. The van der Waals surface area contributed by atoms with Gasteiger partial charge in [0.1, 0.15) is 5.15 Å². The standard InChI is InChI=1S/C8H4ClN2O/c9-8-6(2-1-3-11-8)7-4-10-5-12-7/h1-4H. The highest BCUT2D eigenvalue weighted by Crippen LogP contribution is 2.24. The van der Waals surface area contributed by atoms with Crippen LogP contribution in [0.4, 0.5) is 0 Å². The Hall–Kier alpha value is -1.35. The van der Waals surface area contributed by atoms with Crippen molar-refractivity contribution in [2.45, 2.75) is 0 Å². The van der Waals surface area contributed by atoms with E-state index in [4.69, 9.17) is 16.0 Å². The fraction of sp³-hybridized carbons (Fsp3) is 0. The van der Waals surface area contributed by atoms with Crippen molar-refractivity contribution in [2.24, 2.45) is 0 Å². The van der Waals surface area contributed by atoms with E-state index in [0.29, 0.717) is 10.9 Å². The van der Waals surface area contributed by atoms with Gasteiger partial charge in [0, 0.05) is 6.20 Å². The zero-order chi connectivity index (χ0) is 8.39. The number of hydrogen-bond donors (Lipinski definition) is 0. The normalized spacial score (nSPS) is 10.1. The zero-order valence-corrected chi connectivity index (χ0v) is 6.75. The van der Waals surface area contributed by atoms with Crippen molar-refractivity contribution < 1.29 is 4.42 Å². The Morgan fingerprint density at radius 3 is 3.08 bits per heavy atom. The molecular weight excluding hydrogens is 176 g/mol. The first-order valence-electron chi connectivity index (χ1n) is 3.30. The summed E-state index contributed by atoms with van der Waals surface area (Å²) in [5.41, 5.74) is 0.730. The second-order valence-electron chi connectivity index (χ2n) is 2.16. The number of nitrogens with zero attached hydrogens (tertiary/aromatic N) is 2. The first-order valence-corrected chi connectivity index (χ1v) is 3.68. The van der Waals surface area contributed by atoms with Gasteiger partial charge in [-0.2, -0.15) is 0 Å². The maximum atomic E-state index is 5.80. The topological polar surface area (TPSA) is 38.9 Å². The molecule has 12 heavy (non-hydrogen) atoms. The molecule has 0 aromatic carbocycles. The van der Waals surface area contributed by atoms with E-state index in [1.807, 2.05) is 6.07 Å². The van der Waals surface area contributed by atoms with Gasteiger partial charge in [-0.25, -0.2) is 9.97 Å². The van der Waals surface area contributed by atoms with Gasteiger partial charge < -0.3 is 4.42 Å². The van der Waals surface area contributed by atoms with Crippen molar-refractivity contribution in [1.82, 2.24) is 9.97 Å². The van der Waals surface area contributed by atoms with Crippen LogP contribution < -0.4 is 0 Å². The molecule has 2 rings (SSSR count). The lowest BCUT2D eigenvalue weighted by Crippen LogP contribution is -1.78. The molecule has 3 nitrogen and oxygen atoms in total. The predicted molar refractivity (Wildman–Crippen MR) is 43.6 cm³/mol. The molecule has 1 radical (unpaired) electrons. The van der Waals surface area contributed by atoms with Crippen LogP contribution in [-0.4, -0.2) is 9.97 Å². The lowest BCUT2D eigenvalue weighted by atomic mass is 10.2. The first kappa shape index (κ1) is 7.31. The fourth-order valence-electron chi connectivity index (χ4n) is 0.881. The van der Waals surface area contributed by atoms with Crippen LogP contribution in [0.2, 0.25) is 5.15 Å². The molecule has 0 saturated heterocycles. The van der Waals surface area contributed by atoms with E-state index in [1.54, 1.807) is 18.5 Å². The van der Waals surface area contributed by atoms with E-state index >= 15 is 0 Å². The molecule has 0 fully saturated rings. The molecule has 4 heteroatoms. The van der Waals surface area contributed by atoms with E-state index in [-0.39, 0.29) is 0 Å². The lowest BCUT2D eigenvalue weighted by molar-refractivity contribution is 0.561. The Balaban J connectivity index is 2.55. The summed E-state index contributed by atoms with van der Waals surface area (Å²) in [6.07, 6.45) is 5.51. The molecule has 2 aromatic rings. The summed E-state index contributed by atoms with van der Waals surface area (Å²) in [7, 11) is 0. The first-order chi connectivity index (χ1) is 5.88. The van der Waals surface area contributed by atoms with Crippen molar-refractivity contribution in [2.75, 3.05) is 0 Å². The number of halogens is 1. The van der Waals surface area contributed by atoms with Crippen molar-refractivity contribution in [3.05, 3.63) is 36.1 Å². The van der Waals surface area contributed by atoms with Gasteiger partial charge in [0.05, 0.1) is 11.8 Å². The number of pyridine rings is 1. The van der Waals surface area contributed by atoms with Gasteiger partial charge in [0.15, 0.2) is 5.76 Å². The largest absolute Gasteiger partial charge is 0.432 e. The molecule has 0 atom stereocenters. The van der Waals surface area contributed by atoms with Gasteiger partial charge in [-0.3, -0.25) is 0 Å². The lowest BCUT2D eigenvalue weighted by Gasteiger charge is -1.95. The van der Waals surface area contributed by atoms with Gasteiger partial charge >= 0.3 is 0 Å². The minimum Gasteiger partial charge on any atom is -0.432 e. The van der Waals surface area contributed by atoms with E-state index in [0.717, 1.165) is 5.56 Å². The summed E-state index contributed by atoms with van der Waals surface area (Å²) in [5, 5.41) is 0.405. The molecule has 2 aromatic heterocycles. The average molecular weight is 180 g/mol. The van der Waals surface area contributed by atoms with E-state index in [9.17, 15) is 0 Å². The zero-order valence-electron chi connectivity index (χ0n) is 5.99. The van der Waals surface area contributed by atoms with Crippen LogP contribution in [-0.2, 0) is 0 Å². The van der Waals surface area contributed by atoms with Gasteiger partial charge in [0.2, 0.25) is 0 Å². The van der Waals surface area contributed by atoms with Gasteiger partial charge in [0.25, 0.3) is 6.39 Å². The highest BCUT2D eigenvalue weighted by Gasteiger charge is 2.05. The minimum atomic E-state index is 0.405. The van der Waals surface area contributed by atoms with E-state index in [2.05, 4.69) is 16.4 Å². The summed E-state index contributed by atoms with van der Waals surface area (Å²) < 4.78 is 4.94. The third-order valence-corrected chi connectivity index (χ3v) is 1.72. The maximum Gasteiger partial charge on any atom is 0.284 e. The summed E-state index contributed by atoms with van der Waals surface area (Å²) >= 11 is 5.80. The molecule has 2 heterocycles. The van der Waals surface area contributed by atoms with E-state index < -0.39 is 0 Å². The molecule has 0 aliphatic heterocycles. The van der Waals surface area contributed by atoms with Gasteiger partial charge in [-0.15, -0.1) is 0 Å². The number of aromatic nitrogens is 2. The monoisotopic (exact) mass is 179 g/mol. The second-order valence-corrected chi connectivity index (χ2v) is 2.52. The molecule has 59 valence electrons. The fourth-order valence-corrected chi connectivity index (χ4v) is 1.09. The molecule has 0 aliphatic carbocycles. The molecule has 0 amide bonds. The second kappa shape index (κ2) is 2.95. The molecule has 0 aliphatic rings. The van der Waals surface area contributed by atoms with Crippen LogP contribution in [0.5, 0.6) is 0 Å². The number of hydrogen-bond acceptors (Lipinski definition) is 3. The minimum absolute atomic E-state index is 0.405. The Morgan fingerprint density at radius 1 is 1.50 bits per heavy atom. The van der Waals surface area contributed by atoms with Gasteiger partial charge in [-0.1, -0.05) is 11.6 Å². The highest BCUT2D eigenvalue weighted by molar-refractivity contribution is 6.31. The Morgan fingerprint density at radius 2 is 2.42 bits per heavy atom. The molecular formula is C8H4ClN2O. The molecule has 0 N–H and O–H groups in total. The summed E-state index contributed by atoms with van der Waals surface area (Å²) in [6, 6.07) is 3.59. The predicted octanol–water partition coefficient (Wildman–Crippen LogP) is 2.19. The summed E-state index contributed by atoms with van der Waals surface area (Å²) in [6.45, 7) is 0. The van der Waals surface area contributed by atoms with Crippen LogP contribution in [0.3, 0.4) is 0 Å². The Labute approximate surface area is 74.0 Å². The Kier molecular flexibility index (Phi) is 1.80. The molecule has 0 bridgehead atoms. The Bertz CT molecular complexity index is 372. The molecule has 0 spiro atoms. The summed E-state index contributed by atoms with van der Waals surface area (Å²) in [5.74, 6) is 0.577. The van der Waals surface area contributed by atoms with Crippen LogP contribution in [0.15, 0.2) is 28.9 Å². The van der Waals surface area contributed by atoms with Crippen molar-refractivity contribution in [1.29, 1.82) is 0 Å². The SMILES string of the molecule is Clc1ncccc1-c1cn[c]o1. The molecule has 0 unspecified atom stereocenters. The quantitative estimate of drug-likeness (QED) is 0.630. The van der Waals surface area contributed by atoms with E-state index in [1.165, 1.54) is 0 Å². The van der Waals surface area contributed by atoms with Crippen LogP contribution in [0.1, 0.15) is 0 Å². The van der Waals surface area contributed by atoms with Crippen LogP contribution >= 0.6 is 11.6 Å². The summed E-state index contributed by atoms with van der Waals surface area (Å²) in [4.78, 5) is 7.56. The van der Waals surface area contributed by atoms with Crippen molar-refractivity contribution in [3.63, 3.8) is 0 Å².